The topological polar surface area (TPSA) is 108 Å². The minimum atomic E-state index is 0. The zero-order chi connectivity index (χ0) is 15.6. The summed E-state index contributed by atoms with van der Waals surface area (Å²) in [5.74, 6) is 2.50. The summed E-state index contributed by atoms with van der Waals surface area (Å²) >= 11 is 1.87. The van der Waals surface area contributed by atoms with Gasteiger partial charge in [0.05, 0.1) is 18.3 Å². The number of nitrogens with zero attached hydrogens (tertiary/aromatic N) is 3. The SMILES string of the molecule is Cc1[nH]cnc1CSCCCN=C(N)NCCc1cnc[nH]1.Cl.Cl.Cl. The Balaban J connectivity index is 0. The zero-order valence-electron chi connectivity index (χ0n) is 14.0. The molecule has 2 rings (SSSR count). The van der Waals surface area contributed by atoms with Crippen LogP contribution in [0.2, 0.25) is 0 Å². The third-order valence-corrected chi connectivity index (χ3v) is 4.21. The van der Waals surface area contributed by atoms with E-state index < -0.39 is 0 Å². The highest BCUT2D eigenvalue weighted by molar-refractivity contribution is 7.98. The Labute approximate surface area is 171 Å². The highest BCUT2D eigenvalue weighted by Gasteiger charge is 2.00. The monoisotopic (exact) mass is 429 g/mol. The normalized spacial score (nSPS) is 10.4. The first-order valence-electron chi connectivity index (χ1n) is 7.33. The molecule has 0 saturated carbocycles. The van der Waals surface area contributed by atoms with E-state index in [9.17, 15) is 0 Å². The number of thioether (sulfide) groups is 1. The lowest BCUT2D eigenvalue weighted by Gasteiger charge is -2.04. The number of imidazole rings is 2. The van der Waals surface area contributed by atoms with Crippen molar-refractivity contribution in [2.24, 2.45) is 10.7 Å². The van der Waals surface area contributed by atoms with E-state index >= 15 is 0 Å². The van der Waals surface area contributed by atoms with Crippen LogP contribution in [0.25, 0.3) is 0 Å². The third-order valence-electron chi connectivity index (χ3n) is 3.16. The Bertz CT molecular complexity index is 575. The molecule has 2 aromatic heterocycles. The van der Waals surface area contributed by atoms with Gasteiger partial charge in [0.15, 0.2) is 5.96 Å². The molecular weight excluding hydrogens is 405 g/mol. The number of aromatic amines is 2. The Morgan fingerprint density at radius 2 is 2.08 bits per heavy atom. The van der Waals surface area contributed by atoms with Crippen LogP contribution in [0, 0.1) is 6.92 Å². The summed E-state index contributed by atoms with van der Waals surface area (Å²) in [4.78, 5) is 18.7. The summed E-state index contributed by atoms with van der Waals surface area (Å²) in [6.45, 7) is 3.54. The fourth-order valence-electron chi connectivity index (χ4n) is 1.87. The van der Waals surface area contributed by atoms with E-state index in [0.29, 0.717) is 5.96 Å². The van der Waals surface area contributed by atoms with Gasteiger partial charge in [-0.3, -0.25) is 4.99 Å². The lowest BCUT2D eigenvalue weighted by atomic mass is 10.3. The predicted molar refractivity (Wildman–Crippen MR) is 113 cm³/mol. The molecule has 2 heterocycles. The quantitative estimate of drug-likeness (QED) is 0.278. The summed E-state index contributed by atoms with van der Waals surface area (Å²) in [6.07, 6.45) is 7.10. The van der Waals surface area contributed by atoms with Gasteiger partial charge in [-0.1, -0.05) is 0 Å². The molecule has 2 aromatic rings. The molecule has 0 atom stereocenters. The van der Waals surface area contributed by atoms with E-state index in [0.717, 1.165) is 54.5 Å². The number of hydrogen-bond acceptors (Lipinski definition) is 4. The van der Waals surface area contributed by atoms with Crippen LogP contribution in [-0.2, 0) is 12.2 Å². The van der Waals surface area contributed by atoms with Crippen molar-refractivity contribution in [1.29, 1.82) is 0 Å². The van der Waals surface area contributed by atoms with E-state index in [1.807, 2.05) is 24.9 Å². The summed E-state index contributed by atoms with van der Waals surface area (Å²) < 4.78 is 0. The number of nitrogens with one attached hydrogen (secondary N) is 3. The molecule has 0 saturated heterocycles. The van der Waals surface area contributed by atoms with Crippen molar-refractivity contribution in [3.8, 4) is 0 Å². The summed E-state index contributed by atoms with van der Waals surface area (Å²) in [5.41, 5.74) is 9.19. The van der Waals surface area contributed by atoms with Gasteiger partial charge < -0.3 is 21.0 Å². The maximum atomic E-state index is 5.82. The molecule has 0 spiro atoms. The van der Waals surface area contributed by atoms with Gasteiger partial charge in [-0.25, -0.2) is 9.97 Å². The van der Waals surface area contributed by atoms with Crippen LogP contribution >= 0.6 is 49.0 Å². The first kappa shape index (κ1) is 26.1. The van der Waals surface area contributed by atoms with Crippen molar-refractivity contribution in [3.05, 3.63) is 35.9 Å². The first-order valence-corrected chi connectivity index (χ1v) is 8.49. The molecule has 0 unspecified atom stereocenters. The van der Waals surface area contributed by atoms with Gasteiger partial charge in [0.1, 0.15) is 0 Å². The van der Waals surface area contributed by atoms with Gasteiger partial charge in [0, 0.05) is 42.8 Å². The Hall–Kier alpha value is -1.09. The highest BCUT2D eigenvalue weighted by Crippen LogP contribution is 2.13. The van der Waals surface area contributed by atoms with Crippen LogP contribution in [0.1, 0.15) is 23.5 Å². The van der Waals surface area contributed by atoms with Gasteiger partial charge >= 0.3 is 0 Å². The number of nitrogens with two attached hydrogens (primary N) is 1. The first-order chi connectivity index (χ1) is 10.8. The lowest BCUT2D eigenvalue weighted by molar-refractivity contribution is 0.827. The van der Waals surface area contributed by atoms with Gasteiger partial charge in [-0.05, 0) is 19.1 Å². The smallest absolute Gasteiger partial charge is 0.188 e. The summed E-state index contributed by atoms with van der Waals surface area (Å²) in [7, 11) is 0. The molecule has 0 aliphatic heterocycles. The molecule has 0 aromatic carbocycles. The predicted octanol–water partition coefficient (Wildman–Crippen LogP) is 2.48. The van der Waals surface area contributed by atoms with Crippen LogP contribution in [0.15, 0.2) is 23.8 Å². The van der Waals surface area contributed by atoms with Gasteiger partial charge in [0.25, 0.3) is 0 Å². The molecule has 0 bridgehead atoms. The molecule has 0 radical (unpaired) electrons. The van der Waals surface area contributed by atoms with E-state index in [2.05, 4.69) is 30.2 Å². The number of guanidine groups is 1. The second-order valence-corrected chi connectivity index (χ2v) is 6.01. The standard InChI is InChI=1S/C14H23N7S.3ClH/c1-11-13(21-10-19-11)8-22-6-2-4-17-14(15)18-5-3-12-7-16-9-20-12;;;/h7,9-10H,2-6,8H2,1H3,(H,16,20)(H,19,21)(H3,15,17,18);3*1H. The molecule has 25 heavy (non-hydrogen) atoms. The fourth-order valence-corrected chi connectivity index (χ4v) is 2.83. The zero-order valence-corrected chi connectivity index (χ0v) is 17.3. The number of halogens is 3. The molecule has 11 heteroatoms. The van der Waals surface area contributed by atoms with E-state index in [1.165, 1.54) is 0 Å². The molecule has 0 aliphatic carbocycles. The van der Waals surface area contributed by atoms with E-state index in [4.69, 9.17) is 5.73 Å². The largest absolute Gasteiger partial charge is 0.370 e. The molecule has 0 amide bonds. The van der Waals surface area contributed by atoms with Crippen LogP contribution < -0.4 is 11.1 Å². The Kier molecular flexibility index (Phi) is 15.9. The van der Waals surface area contributed by atoms with Crippen molar-refractivity contribution >= 4 is 54.9 Å². The van der Waals surface area contributed by atoms with Crippen molar-refractivity contribution < 1.29 is 0 Å². The Morgan fingerprint density at radius 1 is 1.28 bits per heavy atom. The fraction of sp³-hybridized carbons (Fsp3) is 0.500. The summed E-state index contributed by atoms with van der Waals surface area (Å²) in [5, 5.41) is 3.10. The van der Waals surface area contributed by atoms with Crippen molar-refractivity contribution in [1.82, 2.24) is 25.3 Å². The van der Waals surface area contributed by atoms with Crippen LogP contribution in [-0.4, -0.2) is 44.7 Å². The molecule has 5 N–H and O–H groups in total. The number of aliphatic imine (C=N–C) groups is 1. The number of hydrogen-bond donors (Lipinski definition) is 4. The highest BCUT2D eigenvalue weighted by atomic mass is 35.5. The molecule has 144 valence electrons. The molecule has 7 nitrogen and oxygen atoms in total. The van der Waals surface area contributed by atoms with E-state index in [1.54, 1.807) is 12.7 Å². The average molecular weight is 431 g/mol. The van der Waals surface area contributed by atoms with Gasteiger partial charge in [-0.15, -0.1) is 37.2 Å². The number of aryl methyl sites for hydroxylation is 1. The van der Waals surface area contributed by atoms with Crippen molar-refractivity contribution in [3.63, 3.8) is 0 Å². The van der Waals surface area contributed by atoms with Crippen molar-refractivity contribution in [2.45, 2.75) is 25.5 Å². The minimum Gasteiger partial charge on any atom is -0.370 e. The van der Waals surface area contributed by atoms with Crippen molar-refractivity contribution in [2.75, 3.05) is 18.8 Å². The van der Waals surface area contributed by atoms with Crippen LogP contribution in [0.5, 0.6) is 0 Å². The minimum absolute atomic E-state index is 0. The second kappa shape index (κ2) is 15.2. The maximum Gasteiger partial charge on any atom is 0.188 e. The number of aromatic nitrogens is 4. The van der Waals surface area contributed by atoms with Crippen LogP contribution in [0.3, 0.4) is 0 Å². The average Bonchev–Trinajstić information content (AvgIpc) is 3.15. The lowest BCUT2D eigenvalue weighted by Crippen LogP contribution is -2.33. The summed E-state index contributed by atoms with van der Waals surface area (Å²) in [6, 6.07) is 0. The number of H-pyrrole nitrogens is 2. The maximum absolute atomic E-state index is 5.82. The molecule has 0 aliphatic rings. The Morgan fingerprint density at radius 3 is 2.72 bits per heavy atom. The van der Waals surface area contributed by atoms with E-state index in [-0.39, 0.29) is 37.2 Å². The number of rotatable bonds is 9. The van der Waals surface area contributed by atoms with Gasteiger partial charge in [0.2, 0.25) is 0 Å². The molecular formula is C14H26Cl3N7S. The second-order valence-electron chi connectivity index (χ2n) is 4.90. The third kappa shape index (κ3) is 10.5. The van der Waals surface area contributed by atoms with Crippen LogP contribution in [0.4, 0.5) is 0 Å². The molecule has 0 fully saturated rings. The van der Waals surface area contributed by atoms with Gasteiger partial charge in [-0.2, -0.15) is 11.8 Å².